The minimum absolute atomic E-state index is 0.0920. The van der Waals surface area contributed by atoms with Crippen molar-refractivity contribution in [3.8, 4) is 5.75 Å². The van der Waals surface area contributed by atoms with Gasteiger partial charge < -0.3 is 15.5 Å². The Hall–Kier alpha value is -1.13. The monoisotopic (exact) mass is 280 g/mol. The summed E-state index contributed by atoms with van der Waals surface area (Å²) in [4.78, 5) is 4.09. The van der Waals surface area contributed by atoms with Crippen LogP contribution in [0.1, 0.15) is 62.8 Å². The first-order valence-corrected chi connectivity index (χ1v) is 7.64. The normalized spacial score (nSPS) is 12.6. The highest BCUT2D eigenvalue weighted by Gasteiger charge is 2.13. The quantitative estimate of drug-likeness (QED) is 0.650. The summed E-state index contributed by atoms with van der Waals surface area (Å²) < 4.78 is 0. The highest BCUT2D eigenvalue weighted by atomic mass is 16.3. The molecule has 0 aliphatic rings. The summed E-state index contributed by atoms with van der Waals surface area (Å²) in [6, 6.07) is 0.472. The van der Waals surface area contributed by atoms with Crippen molar-refractivity contribution < 1.29 is 10.2 Å². The van der Waals surface area contributed by atoms with E-state index in [9.17, 15) is 10.2 Å². The lowest BCUT2D eigenvalue weighted by atomic mass is 10.0. The molecule has 0 aromatic carbocycles. The number of pyridine rings is 1. The van der Waals surface area contributed by atoms with Gasteiger partial charge in [0, 0.05) is 29.9 Å². The van der Waals surface area contributed by atoms with Gasteiger partial charge in [-0.2, -0.15) is 0 Å². The highest BCUT2D eigenvalue weighted by molar-refractivity contribution is 5.40. The van der Waals surface area contributed by atoms with Crippen molar-refractivity contribution in [2.45, 2.75) is 72.1 Å². The average Bonchev–Trinajstić information content (AvgIpc) is 2.45. The van der Waals surface area contributed by atoms with Crippen LogP contribution in [0.15, 0.2) is 6.20 Å². The molecule has 0 saturated heterocycles. The van der Waals surface area contributed by atoms with Crippen molar-refractivity contribution >= 4 is 0 Å². The number of unbranched alkanes of at least 4 members (excludes halogenated alkanes) is 1. The number of hydrogen-bond acceptors (Lipinski definition) is 4. The molecule has 4 heteroatoms. The zero-order valence-electron chi connectivity index (χ0n) is 12.9. The number of aliphatic hydroxyl groups is 1. The molecular weight excluding hydrogens is 252 g/mol. The number of rotatable bonds is 9. The molecule has 0 saturated carbocycles. The fourth-order valence-corrected chi connectivity index (χ4v) is 2.41. The lowest BCUT2D eigenvalue weighted by Gasteiger charge is -2.19. The first-order valence-electron chi connectivity index (χ1n) is 7.64. The summed E-state index contributed by atoms with van der Waals surface area (Å²) in [5.41, 5.74) is 2.09. The van der Waals surface area contributed by atoms with Crippen LogP contribution in [-0.4, -0.2) is 21.2 Å². The second kappa shape index (κ2) is 8.93. The Morgan fingerprint density at radius 1 is 1.25 bits per heavy atom. The van der Waals surface area contributed by atoms with Crippen LogP contribution in [0.2, 0.25) is 0 Å². The standard InChI is InChI=1S/C16H28N2O2/c1-4-6-8-14(7-5-2)18-10-15-13(11-19)9-17-12(3)16(15)20/h9,14,18-20H,4-8,10-11H2,1-3H3. The van der Waals surface area contributed by atoms with Gasteiger partial charge in [-0.1, -0.05) is 33.1 Å². The van der Waals surface area contributed by atoms with Crippen LogP contribution in [0.25, 0.3) is 0 Å². The Kier molecular flexibility index (Phi) is 7.55. The summed E-state index contributed by atoms with van der Waals surface area (Å²) in [6.45, 7) is 6.66. The van der Waals surface area contributed by atoms with Gasteiger partial charge in [-0.15, -0.1) is 0 Å². The molecule has 1 unspecified atom stereocenters. The van der Waals surface area contributed by atoms with Crippen LogP contribution in [0, 0.1) is 6.92 Å². The molecular formula is C16H28N2O2. The number of nitrogens with zero attached hydrogens (tertiary/aromatic N) is 1. The summed E-state index contributed by atoms with van der Waals surface area (Å²) in [5, 5.41) is 23.0. The van der Waals surface area contributed by atoms with E-state index in [1.165, 1.54) is 12.8 Å². The number of aromatic hydroxyl groups is 1. The van der Waals surface area contributed by atoms with E-state index < -0.39 is 0 Å². The first-order chi connectivity index (χ1) is 9.63. The molecule has 1 atom stereocenters. The van der Waals surface area contributed by atoms with Crippen molar-refractivity contribution in [1.29, 1.82) is 0 Å². The molecule has 114 valence electrons. The summed E-state index contributed by atoms with van der Waals surface area (Å²) >= 11 is 0. The molecule has 20 heavy (non-hydrogen) atoms. The van der Waals surface area contributed by atoms with Crippen LogP contribution < -0.4 is 5.32 Å². The Bertz CT molecular complexity index is 408. The van der Waals surface area contributed by atoms with E-state index in [0.29, 0.717) is 23.8 Å². The predicted molar refractivity (Wildman–Crippen MR) is 81.6 cm³/mol. The van der Waals surface area contributed by atoms with Crippen LogP contribution in [-0.2, 0) is 13.2 Å². The Morgan fingerprint density at radius 2 is 2.00 bits per heavy atom. The minimum atomic E-state index is -0.0920. The van der Waals surface area contributed by atoms with Gasteiger partial charge in [-0.05, 0) is 19.8 Å². The van der Waals surface area contributed by atoms with E-state index >= 15 is 0 Å². The largest absolute Gasteiger partial charge is 0.506 e. The molecule has 1 aromatic heterocycles. The Labute approximate surface area is 122 Å². The topological polar surface area (TPSA) is 65.4 Å². The number of aromatic nitrogens is 1. The van der Waals surface area contributed by atoms with E-state index in [-0.39, 0.29) is 12.4 Å². The van der Waals surface area contributed by atoms with Crippen LogP contribution in [0.3, 0.4) is 0 Å². The van der Waals surface area contributed by atoms with Crippen molar-refractivity contribution in [3.05, 3.63) is 23.0 Å². The predicted octanol–water partition coefficient (Wildman–Crippen LogP) is 3.04. The number of aryl methyl sites for hydroxylation is 1. The molecule has 1 aromatic rings. The third kappa shape index (κ3) is 4.76. The zero-order chi connectivity index (χ0) is 15.0. The number of aliphatic hydroxyl groups excluding tert-OH is 1. The average molecular weight is 280 g/mol. The molecule has 4 nitrogen and oxygen atoms in total. The molecule has 0 aliphatic heterocycles. The Morgan fingerprint density at radius 3 is 2.60 bits per heavy atom. The van der Waals surface area contributed by atoms with E-state index in [1.807, 2.05) is 0 Å². The van der Waals surface area contributed by atoms with Crippen molar-refractivity contribution in [1.82, 2.24) is 10.3 Å². The third-order valence-corrected chi connectivity index (χ3v) is 3.71. The minimum Gasteiger partial charge on any atom is -0.506 e. The fraction of sp³-hybridized carbons (Fsp3) is 0.688. The molecule has 1 heterocycles. The lowest BCUT2D eigenvalue weighted by molar-refractivity contribution is 0.278. The van der Waals surface area contributed by atoms with Crippen molar-refractivity contribution in [2.24, 2.45) is 0 Å². The molecule has 3 N–H and O–H groups in total. The zero-order valence-corrected chi connectivity index (χ0v) is 12.9. The molecule has 0 spiro atoms. The maximum absolute atomic E-state index is 10.1. The van der Waals surface area contributed by atoms with Crippen LogP contribution in [0.5, 0.6) is 5.75 Å². The van der Waals surface area contributed by atoms with E-state index in [0.717, 1.165) is 24.8 Å². The van der Waals surface area contributed by atoms with Crippen LogP contribution in [0.4, 0.5) is 0 Å². The summed E-state index contributed by atoms with van der Waals surface area (Å²) in [6.07, 6.45) is 7.50. The van der Waals surface area contributed by atoms with E-state index in [2.05, 4.69) is 24.1 Å². The maximum atomic E-state index is 10.1. The van der Waals surface area contributed by atoms with Gasteiger partial charge in [0.25, 0.3) is 0 Å². The highest BCUT2D eigenvalue weighted by Crippen LogP contribution is 2.24. The molecule has 1 rings (SSSR count). The van der Waals surface area contributed by atoms with Crippen molar-refractivity contribution in [3.63, 3.8) is 0 Å². The van der Waals surface area contributed by atoms with Gasteiger partial charge in [0.05, 0.1) is 12.3 Å². The maximum Gasteiger partial charge on any atom is 0.141 e. The number of nitrogens with one attached hydrogen (secondary N) is 1. The second-order valence-electron chi connectivity index (χ2n) is 5.36. The Balaban J connectivity index is 2.73. The van der Waals surface area contributed by atoms with Crippen molar-refractivity contribution in [2.75, 3.05) is 0 Å². The number of hydrogen-bond donors (Lipinski definition) is 3. The van der Waals surface area contributed by atoms with Crippen LogP contribution >= 0.6 is 0 Å². The SMILES string of the molecule is CCCCC(CCC)NCc1c(CO)cnc(C)c1O. The van der Waals surface area contributed by atoms with E-state index in [4.69, 9.17) is 0 Å². The van der Waals surface area contributed by atoms with Gasteiger partial charge >= 0.3 is 0 Å². The summed E-state index contributed by atoms with van der Waals surface area (Å²) in [7, 11) is 0. The molecule has 0 fully saturated rings. The van der Waals surface area contributed by atoms with Gasteiger partial charge in [0.2, 0.25) is 0 Å². The summed E-state index contributed by atoms with van der Waals surface area (Å²) in [5.74, 6) is 0.204. The van der Waals surface area contributed by atoms with Gasteiger partial charge in [0.1, 0.15) is 5.75 Å². The smallest absolute Gasteiger partial charge is 0.141 e. The van der Waals surface area contributed by atoms with Gasteiger partial charge in [0.15, 0.2) is 0 Å². The third-order valence-electron chi connectivity index (χ3n) is 3.71. The molecule has 0 bridgehead atoms. The van der Waals surface area contributed by atoms with Gasteiger partial charge in [-0.25, -0.2) is 0 Å². The molecule has 0 aliphatic carbocycles. The first kappa shape index (κ1) is 16.9. The fourth-order valence-electron chi connectivity index (χ4n) is 2.41. The van der Waals surface area contributed by atoms with E-state index in [1.54, 1.807) is 13.1 Å². The second-order valence-corrected chi connectivity index (χ2v) is 5.36. The molecule has 0 radical (unpaired) electrons. The van der Waals surface area contributed by atoms with Gasteiger partial charge in [-0.3, -0.25) is 4.98 Å². The lowest BCUT2D eigenvalue weighted by Crippen LogP contribution is -2.29. The molecule has 0 amide bonds.